The summed E-state index contributed by atoms with van der Waals surface area (Å²) in [6, 6.07) is 17.4. The van der Waals surface area contributed by atoms with Crippen LogP contribution in [-0.4, -0.2) is 13.0 Å². The highest BCUT2D eigenvalue weighted by molar-refractivity contribution is 5.94. The van der Waals surface area contributed by atoms with Gasteiger partial charge in [0.25, 0.3) is 0 Å². The molecular weight excluding hydrogens is 296 g/mol. The Labute approximate surface area is 138 Å². The molecule has 0 radical (unpaired) electrons. The summed E-state index contributed by atoms with van der Waals surface area (Å²) in [5.41, 5.74) is 9.25. The highest BCUT2D eigenvalue weighted by Gasteiger charge is 2.25. The van der Waals surface area contributed by atoms with E-state index < -0.39 is 0 Å². The van der Waals surface area contributed by atoms with E-state index in [1.54, 1.807) is 11.9 Å². The van der Waals surface area contributed by atoms with Crippen LogP contribution >= 0.6 is 12.4 Å². The lowest BCUT2D eigenvalue weighted by Gasteiger charge is -2.25. The quantitative estimate of drug-likeness (QED) is 0.934. The molecule has 0 aliphatic rings. The summed E-state index contributed by atoms with van der Waals surface area (Å²) in [5, 5.41) is 0. The zero-order valence-electron chi connectivity index (χ0n) is 13.2. The maximum Gasteiger partial charge on any atom is 0.231 e. The largest absolute Gasteiger partial charge is 0.323 e. The van der Waals surface area contributed by atoms with E-state index in [4.69, 9.17) is 5.73 Å². The molecule has 2 aromatic carbocycles. The van der Waals surface area contributed by atoms with Crippen LogP contribution in [-0.2, 0) is 4.79 Å². The van der Waals surface area contributed by atoms with Gasteiger partial charge in [0, 0.05) is 18.8 Å². The number of nitrogens with two attached hydrogens (primary N) is 1. The minimum Gasteiger partial charge on any atom is -0.323 e. The van der Waals surface area contributed by atoms with Crippen LogP contribution in [0.15, 0.2) is 54.6 Å². The van der Waals surface area contributed by atoms with E-state index in [-0.39, 0.29) is 30.3 Å². The Hall–Kier alpha value is -1.84. The number of rotatable bonds is 4. The number of carbonyl (C=O) groups is 1. The van der Waals surface area contributed by atoms with E-state index in [1.807, 2.05) is 68.4 Å². The van der Waals surface area contributed by atoms with Crippen molar-refractivity contribution in [2.75, 3.05) is 11.9 Å². The average molecular weight is 319 g/mol. The van der Waals surface area contributed by atoms with Crippen molar-refractivity contribution in [1.82, 2.24) is 0 Å². The Kier molecular flexibility index (Phi) is 6.60. The van der Waals surface area contributed by atoms with Gasteiger partial charge < -0.3 is 10.6 Å². The molecule has 2 aromatic rings. The van der Waals surface area contributed by atoms with Crippen LogP contribution in [0.1, 0.15) is 24.1 Å². The number of anilines is 1. The van der Waals surface area contributed by atoms with Crippen molar-refractivity contribution in [2.45, 2.75) is 19.9 Å². The number of hydrogen-bond acceptors (Lipinski definition) is 2. The van der Waals surface area contributed by atoms with E-state index in [0.717, 1.165) is 16.8 Å². The lowest BCUT2D eigenvalue weighted by molar-refractivity contribution is -0.122. The molecule has 0 fully saturated rings. The predicted molar refractivity (Wildman–Crippen MR) is 94.4 cm³/mol. The molecule has 4 heteroatoms. The van der Waals surface area contributed by atoms with Crippen molar-refractivity contribution in [3.05, 3.63) is 65.7 Å². The van der Waals surface area contributed by atoms with Crippen LogP contribution in [0.3, 0.4) is 0 Å². The smallest absolute Gasteiger partial charge is 0.231 e. The zero-order valence-corrected chi connectivity index (χ0v) is 14.0. The Balaban J connectivity index is 0.00000242. The predicted octanol–water partition coefficient (Wildman–Crippen LogP) is 3.72. The van der Waals surface area contributed by atoms with Gasteiger partial charge in [-0.05, 0) is 30.2 Å². The normalized spacial score (nSPS) is 12.9. The number of nitrogens with zero attached hydrogens (tertiary/aromatic N) is 1. The van der Waals surface area contributed by atoms with Crippen molar-refractivity contribution in [3.63, 3.8) is 0 Å². The molecule has 0 bridgehead atoms. The molecule has 2 unspecified atom stereocenters. The van der Waals surface area contributed by atoms with Crippen molar-refractivity contribution in [1.29, 1.82) is 0 Å². The minimum absolute atomic E-state index is 0. The first-order valence-corrected chi connectivity index (χ1v) is 7.15. The van der Waals surface area contributed by atoms with Gasteiger partial charge in [-0.2, -0.15) is 0 Å². The monoisotopic (exact) mass is 318 g/mol. The van der Waals surface area contributed by atoms with Gasteiger partial charge in [-0.15, -0.1) is 12.4 Å². The van der Waals surface area contributed by atoms with Crippen LogP contribution in [0, 0.1) is 12.8 Å². The average Bonchev–Trinajstić information content (AvgIpc) is 2.53. The maximum absolute atomic E-state index is 12.6. The summed E-state index contributed by atoms with van der Waals surface area (Å²) in [4.78, 5) is 14.3. The van der Waals surface area contributed by atoms with Crippen molar-refractivity contribution in [2.24, 2.45) is 11.7 Å². The van der Waals surface area contributed by atoms with Crippen LogP contribution in [0.4, 0.5) is 5.69 Å². The molecule has 0 aliphatic heterocycles. The van der Waals surface area contributed by atoms with Gasteiger partial charge in [0.15, 0.2) is 0 Å². The second-order valence-corrected chi connectivity index (χ2v) is 5.46. The van der Waals surface area contributed by atoms with Gasteiger partial charge in [-0.3, -0.25) is 4.79 Å². The zero-order chi connectivity index (χ0) is 15.4. The van der Waals surface area contributed by atoms with E-state index >= 15 is 0 Å². The molecule has 2 atom stereocenters. The molecule has 0 spiro atoms. The maximum atomic E-state index is 12.6. The Bertz CT molecular complexity index is 615. The molecule has 2 rings (SSSR count). The molecule has 118 valence electrons. The second kappa shape index (κ2) is 7.97. The standard InChI is InChI=1S/C18H22N2O.ClH/c1-13-8-7-11-16(12-13)20(3)18(21)14(2)17(19)15-9-5-4-6-10-15;/h4-12,14,17H,19H2,1-3H3;1H. The number of benzene rings is 2. The lowest BCUT2D eigenvalue weighted by Crippen LogP contribution is -2.37. The topological polar surface area (TPSA) is 46.3 Å². The summed E-state index contributed by atoms with van der Waals surface area (Å²) in [6.07, 6.45) is 0. The third-order valence-corrected chi connectivity index (χ3v) is 3.83. The number of amides is 1. The first kappa shape index (κ1) is 18.2. The SMILES string of the molecule is Cc1cccc(N(C)C(=O)C(C)C(N)c2ccccc2)c1.Cl. The Morgan fingerprint density at radius 3 is 2.32 bits per heavy atom. The third-order valence-electron chi connectivity index (χ3n) is 3.83. The van der Waals surface area contributed by atoms with E-state index in [2.05, 4.69) is 0 Å². The van der Waals surface area contributed by atoms with Crippen LogP contribution in [0.25, 0.3) is 0 Å². The first-order chi connectivity index (χ1) is 10.0. The molecule has 0 saturated heterocycles. The molecule has 1 amide bonds. The molecule has 0 heterocycles. The molecule has 22 heavy (non-hydrogen) atoms. The van der Waals surface area contributed by atoms with Gasteiger partial charge >= 0.3 is 0 Å². The Morgan fingerprint density at radius 2 is 1.73 bits per heavy atom. The molecule has 2 N–H and O–H groups in total. The van der Waals surface area contributed by atoms with Crippen molar-refractivity contribution < 1.29 is 4.79 Å². The van der Waals surface area contributed by atoms with E-state index in [9.17, 15) is 4.79 Å². The van der Waals surface area contributed by atoms with E-state index in [0.29, 0.717) is 0 Å². The summed E-state index contributed by atoms with van der Waals surface area (Å²) < 4.78 is 0. The van der Waals surface area contributed by atoms with Gasteiger partial charge in [0.1, 0.15) is 0 Å². The van der Waals surface area contributed by atoms with Crippen LogP contribution in [0.2, 0.25) is 0 Å². The van der Waals surface area contributed by atoms with Gasteiger partial charge in [-0.1, -0.05) is 49.4 Å². The molecule has 0 aromatic heterocycles. The lowest BCUT2D eigenvalue weighted by atomic mass is 9.94. The van der Waals surface area contributed by atoms with Gasteiger partial charge in [0.2, 0.25) is 5.91 Å². The highest BCUT2D eigenvalue weighted by Crippen LogP contribution is 2.23. The van der Waals surface area contributed by atoms with E-state index in [1.165, 1.54) is 0 Å². The van der Waals surface area contributed by atoms with Crippen molar-refractivity contribution >= 4 is 24.0 Å². The molecule has 0 saturated carbocycles. The van der Waals surface area contributed by atoms with Gasteiger partial charge in [0.05, 0.1) is 5.92 Å². The fourth-order valence-corrected chi connectivity index (χ4v) is 2.39. The Morgan fingerprint density at radius 1 is 1.09 bits per heavy atom. The summed E-state index contributed by atoms with van der Waals surface area (Å²) >= 11 is 0. The molecular formula is C18H23ClN2O. The number of carbonyl (C=O) groups excluding carboxylic acids is 1. The fourth-order valence-electron chi connectivity index (χ4n) is 2.39. The molecule has 3 nitrogen and oxygen atoms in total. The minimum atomic E-state index is -0.300. The second-order valence-electron chi connectivity index (χ2n) is 5.46. The first-order valence-electron chi connectivity index (χ1n) is 7.15. The summed E-state index contributed by atoms with van der Waals surface area (Å²) in [6.45, 7) is 3.90. The van der Waals surface area contributed by atoms with Crippen LogP contribution < -0.4 is 10.6 Å². The van der Waals surface area contributed by atoms with Gasteiger partial charge in [-0.25, -0.2) is 0 Å². The number of hydrogen-bond donors (Lipinski definition) is 1. The van der Waals surface area contributed by atoms with Crippen LogP contribution in [0.5, 0.6) is 0 Å². The number of aryl methyl sites for hydroxylation is 1. The fraction of sp³-hybridized carbons (Fsp3) is 0.278. The highest BCUT2D eigenvalue weighted by atomic mass is 35.5. The number of halogens is 1. The summed E-state index contributed by atoms with van der Waals surface area (Å²) in [7, 11) is 1.80. The third kappa shape index (κ3) is 4.09. The molecule has 0 aliphatic carbocycles. The van der Waals surface area contributed by atoms with Crippen molar-refractivity contribution in [3.8, 4) is 0 Å². The summed E-state index contributed by atoms with van der Waals surface area (Å²) in [5.74, 6) is -0.255.